The van der Waals surface area contributed by atoms with E-state index in [2.05, 4.69) is 4.98 Å². The predicted molar refractivity (Wildman–Crippen MR) is 66.3 cm³/mol. The maximum atomic E-state index is 14.0. The van der Waals surface area contributed by atoms with Gasteiger partial charge in [0.1, 0.15) is 6.10 Å². The van der Waals surface area contributed by atoms with Crippen molar-refractivity contribution in [1.29, 1.82) is 0 Å². The van der Waals surface area contributed by atoms with Crippen LogP contribution in [0.25, 0.3) is 0 Å². The highest BCUT2D eigenvalue weighted by atomic mass is 35.5. The molecule has 1 unspecified atom stereocenters. The lowest BCUT2D eigenvalue weighted by molar-refractivity contribution is 0.213. The van der Waals surface area contributed by atoms with Crippen LogP contribution in [0.3, 0.4) is 0 Å². The van der Waals surface area contributed by atoms with E-state index in [1.54, 1.807) is 12.1 Å². The van der Waals surface area contributed by atoms with Crippen molar-refractivity contribution >= 4 is 11.6 Å². The molecule has 18 heavy (non-hydrogen) atoms. The van der Waals surface area contributed by atoms with Gasteiger partial charge in [-0.1, -0.05) is 23.7 Å². The Bertz CT molecular complexity index is 562. The Morgan fingerprint density at radius 1 is 1.33 bits per heavy atom. The zero-order chi connectivity index (χ0) is 13.1. The number of methoxy groups -OCH3 is 1. The van der Waals surface area contributed by atoms with Crippen LogP contribution in [0.5, 0.6) is 5.75 Å². The summed E-state index contributed by atoms with van der Waals surface area (Å²) in [5, 5.41) is 10.5. The smallest absolute Gasteiger partial charge is 0.171 e. The zero-order valence-corrected chi connectivity index (χ0v) is 10.4. The van der Waals surface area contributed by atoms with Gasteiger partial charge >= 0.3 is 0 Å². The van der Waals surface area contributed by atoms with E-state index in [0.29, 0.717) is 5.56 Å². The molecule has 2 aromatic rings. The van der Waals surface area contributed by atoms with Crippen LogP contribution in [0.1, 0.15) is 17.2 Å². The first kappa shape index (κ1) is 12.8. The summed E-state index contributed by atoms with van der Waals surface area (Å²) < 4.78 is 18.9. The van der Waals surface area contributed by atoms with E-state index >= 15 is 0 Å². The van der Waals surface area contributed by atoms with E-state index in [1.165, 1.54) is 31.6 Å². The number of pyridine rings is 1. The maximum absolute atomic E-state index is 14.0. The number of benzene rings is 1. The summed E-state index contributed by atoms with van der Waals surface area (Å²) in [6.45, 7) is 0. The monoisotopic (exact) mass is 267 g/mol. The van der Waals surface area contributed by atoms with Crippen LogP contribution in [-0.2, 0) is 0 Å². The molecular formula is C13H11ClFNO2. The van der Waals surface area contributed by atoms with E-state index in [-0.39, 0.29) is 16.3 Å². The predicted octanol–water partition coefficient (Wildman–Crippen LogP) is 2.96. The van der Waals surface area contributed by atoms with Crippen molar-refractivity contribution in [2.24, 2.45) is 0 Å². The highest BCUT2D eigenvalue weighted by Crippen LogP contribution is 2.31. The molecule has 94 valence electrons. The first-order valence-electron chi connectivity index (χ1n) is 5.25. The molecule has 1 aromatic carbocycles. The van der Waals surface area contributed by atoms with Crippen molar-refractivity contribution in [3.05, 3.63) is 58.6 Å². The number of aliphatic hydroxyl groups excluding tert-OH is 1. The molecule has 1 N–H and O–H groups in total. The average Bonchev–Trinajstić information content (AvgIpc) is 2.39. The van der Waals surface area contributed by atoms with Gasteiger partial charge in [-0.3, -0.25) is 4.98 Å². The van der Waals surface area contributed by atoms with E-state index in [4.69, 9.17) is 16.3 Å². The Morgan fingerprint density at radius 3 is 2.78 bits per heavy atom. The van der Waals surface area contributed by atoms with E-state index in [0.717, 1.165) is 0 Å². The third-order valence-electron chi connectivity index (χ3n) is 2.61. The van der Waals surface area contributed by atoms with E-state index < -0.39 is 11.9 Å². The molecule has 2 rings (SSSR count). The Kier molecular flexibility index (Phi) is 3.79. The first-order chi connectivity index (χ1) is 8.65. The van der Waals surface area contributed by atoms with Gasteiger partial charge in [0.25, 0.3) is 0 Å². The molecule has 0 aliphatic rings. The number of halogens is 2. The molecule has 5 heteroatoms. The highest BCUT2D eigenvalue weighted by Gasteiger charge is 2.19. The number of aliphatic hydroxyl groups is 1. The second-order valence-electron chi connectivity index (χ2n) is 3.66. The molecule has 0 saturated heterocycles. The third-order valence-corrected chi connectivity index (χ3v) is 2.92. The fourth-order valence-electron chi connectivity index (χ4n) is 1.67. The minimum atomic E-state index is -1.16. The average molecular weight is 268 g/mol. The Morgan fingerprint density at radius 2 is 2.11 bits per heavy atom. The second-order valence-corrected chi connectivity index (χ2v) is 4.07. The summed E-state index contributed by atoms with van der Waals surface area (Å²) >= 11 is 5.92. The van der Waals surface area contributed by atoms with Gasteiger partial charge in [0.2, 0.25) is 0 Å². The molecule has 0 amide bonds. The van der Waals surface area contributed by atoms with Crippen molar-refractivity contribution in [3.63, 3.8) is 0 Å². The number of nitrogens with zero attached hydrogens (tertiary/aromatic N) is 1. The molecule has 0 aliphatic carbocycles. The summed E-state index contributed by atoms with van der Waals surface area (Å²) in [5.41, 5.74) is 0.515. The van der Waals surface area contributed by atoms with E-state index in [1.807, 2.05) is 0 Å². The molecule has 3 nitrogen and oxygen atoms in total. The Labute approximate surface area is 109 Å². The fraction of sp³-hybridized carbons (Fsp3) is 0.154. The quantitative estimate of drug-likeness (QED) is 0.930. The highest BCUT2D eigenvalue weighted by molar-refractivity contribution is 6.31. The van der Waals surface area contributed by atoms with Crippen LogP contribution in [0.15, 0.2) is 36.7 Å². The van der Waals surface area contributed by atoms with Gasteiger partial charge in [-0.2, -0.15) is 0 Å². The lowest BCUT2D eigenvalue weighted by Crippen LogP contribution is -2.04. The number of hydrogen-bond donors (Lipinski definition) is 1. The Balaban J connectivity index is 2.47. The molecule has 0 radical (unpaired) electrons. The molecule has 0 spiro atoms. The standard InChI is InChI=1S/C13H11ClFNO2/c1-18-11-4-2-3-9(12(11)15)13(17)8-5-6-16-7-10(8)14/h2-7,13,17H,1H3. The first-order valence-corrected chi connectivity index (χ1v) is 5.62. The van der Waals surface area contributed by atoms with Gasteiger partial charge < -0.3 is 9.84 Å². The number of aromatic nitrogens is 1. The van der Waals surface area contributed by atoms with Crippen molar-refractivity contribution in [2.75, 3.05) is 7.11 Å². The van der Waals surface area contributed by atoms with Crippen LogP contribution < -0.4 is 4.74 Å². The molecule has 0 saturated carbocycles. The zero-order valence-electron chi connectivity index (χ0n) is 9.60. The fourth-order valence-corrected chi connectivity index (χ4v) is 1.89. The number of hydrogen-bond acceptors (Lipinski definition) is 3. The SMILES string of the molecule is COc1cccc(C(O)c2ccncc2Cl)c1F. The van der Waals surface area contributed by atoms with Gasteiger partial charge in [-0.15, -0.1) is 0 Å². The molecule has 0 bridgehead atoms. The van der Waals surface area contributed by atoms with Crippen molar-refractivity contribution in [1.82, 2.24) is 4.98 Å². The van der Waals surface area contributed by atoms with Gasteiger partial charge in [-0.05, 0) is 12.1 Å². The number of rotatable bonds is 3. The number of ether oxygens (including phenoxy) is 1. The van der Waals surface area contributed by atoms with Crippen molar-refractivity contribution in [2.45, 2.75) is 6.10 Å². The molecule has 0 aliphatic heterocycles. The molecule has 1 atom stereocenters. The van der Waals surface area contributed by atoms with Crippen molar-refractivity contribution < 1.29 is 14.2 Å². The topological polar surface area (TPSA) is 42.4 Å². The van der Waals surface area contributed by atoms with Crippen LogP contribution in [-0.4, -0.2) is 17.2 Å². The Hall–Kier alpha value is -1.65. The summed E-state index contributed by atoms with van der Waals surface area (Å²) in [4.78, 5) is 3.82. The van der Waals surface area contributed by atoms with E-state index in [9.17, 15) is 9.50 Å². The summed E-state index contributed by atoms with van der Waals surface area (Å²) in [5.74, 6) is -0.517. The molecular weight excluding hydrogens is 257 g/mol. The third kappa shape index (κ3) is 2.30. The molecule has 1 aromatic heterocycles. The van der Waals surface area contributed by atoms with Gasteiger partial charge in [0.15, 0.2) is 11.6 Å². The minimum absolute atomic E-state index is 0.0803. The van der Waals surface area contributed by atoms with Crippen LogP contribution >= 0.6 is 11.6 Å². The minimum Gasteiger partial charge on any atom is -0.494 e. The largest absolute Gasteiger partial charge is 0.494 e. The van der Waals surface area contributed by atoms with Crippen molar-refractivity contribution in [3.8, 4) is 5.75 Å². The lowest BCUT2D eigenvalue weighted by Gasteiger charge is -2.14. The van der Waals surface area contributed by atoms with Crippen LogP contribution in [0, 0.1) is 5.82 Å². The normalized spacial score (nSPS) is 12.2. The summed E-state index contributed by atoms with van der Waals surface area (Å²) in [7, 11) is 1.37. The van der Waals surface area contributed by atoms with Crippen LogP contribution in [0.4, 0.5) is 4.39 Å². The van der Waals surface area contributed by atoms with Gasteiger partial charge in [0.05, 0.1) is 12.1 Å². The molecule has 0 fully saturated rings. The molecule has 1 heterocycles. The summed E-state index contributed by atoms with van der Waals surface area (Å²) in [6, 6.07) is 6.13. The van der Waals surface area contributed by atoms with Gasteiger partial charge in [-0.25, -0.2) is 4.39 Å². The summed E-state index contributed by atoms with van der Waals surface area (Å²) in [6.07, 6.45) is 1.73. The van der Waals surface area contributed by atoms with Gasteiger partial charge in [0, 0.05) is 23.5 Å². The maximum Gasteiger partial charge on any atom is 0.171 e. The lowest BCUT2D eigenvalue weighted by atomic mass is 10.0. The van der Waals surface area contributed by atoms with Crippen LogP contribution in [0.2, 0.25) is 5.02 Å². The second kappa shape index (κ2) is 5.33.